The third kappa shape index (κ3) is 11.4. The fraction of sp³-hybridized carbons (Fsp3) is 0.481. The Hall–Kier alpha value is -4.90. The van der Waals surface area contributed by atoms with Gasteiger partial charge in [-0.25, -0.2) is 4.79 Å². The molecule has 2 aromatic rings. The van der Waals surface area contributed by atoms with Crippen LogP contribution in [0.3, 0.4) is 0 Å². The van der Waals surface area contributed by atoms with E-state index in [1.54, 1.807) is 6.20 Å². The van der Waals surface area contributed by atoms with Gasteiger partial charge in [0.05, 0.1) is 12.1 Å². The smallest absolute Gasteiger partial charge is 0.326 e. The lowest BCUT2D eigenvalue weighted by Gasteiger charge is -2.26. The maximum absolute atomic E-state index is 13.4. The van der Waals surface area contributed by atoms with Gasteiger partial charge in [0.2, 0.25) is 17.7 Å². The SMILES string of the molecule is C[C@@H](O)[C@H](NC(=O)[C@@H](N)CCCN=C(N)N)C(=O)N[C@@H](Cc1c[nH]c2ccccc12)C(=O)N[C@@H](CCCN=C(N)N)C(=O)O. The molecule has 0 aliphatic carbocycles. The zero-order valence-corrected chi connectivity index (χ0v) is 24.5. The van der Waals surface area contributed by atoms with E-state index < -0.39 is 54.0 Å². The number of aliphatic carboxylic acids is 1. The van der Waals surface area contributed by atoms with Crippen LogP contribution < -0.4 is 44.6 Å². The predicted molar refractivity (Wildman–Crippen MR) is 165 cm³/mol. The maximum Gasteiger partial charge on any atom is 0.326 e. The van der Waals surface area contributed by atoms with Crippen molar-refractivity contribution in [3.05, 3.63) is 36.0 Å². The van der Waals surface area contributed by atoms with Crippen LogP contribution in [0.2, 0.25) is 0 Å². The Morgan fingerprint density at radius 2 is 1.45 bits per heavy atom. The Kier molecular flexibility index (Phi) is 13.9. The number of carbonyl (C=O) groups excluding carboxylic acids is 3. The first-order valence-electron chi connectivity index (χ1n) is 14.0. The first kappa shape index (κ1) is 35.3. The molecule has 1 aromatic carbocycles. The van der Waals surface area contributed by atoms with Crippen LogP contribution in [0.4, 0.5) is 0 Å². The number of aliphatic imine (C=N–C) groups is 2. The number of hydrogen-bond donors (Lipinski definition) is 11. The summed E-state index contributed by atoms with van der Waals surface area (Å²) in [6.07, 6.45) is 1.13. The largest absolute Gasteiger partial charge is 0.480 e. The van der Waals surface area contributed by atoms with Gasteiger partial charge in [-0.15, -0.1) is 0 Å². The molecule has 0 aliphatic rings. The average molecular weight is 618 g/mol. The van der Waals surface area contributed by atoms with Gasteiger partial charge in [-0.2, -0.15) is 0 Å². The minimum Gasteiger partial charge on any atom is -0.480 e. The van der Waals surface area contributed by atoms with E-state index in [1.165, 1.54) is 6.92 Å². The molecule has 44 heavy (non-hydrogen) atoms. The lowest BCUT2D eigenvalue weighted by molar-refractivity contribution is -0.142. The second-order valence-corrected chi connectivity index (χ2v) is 10.3. The van der Waals surface area contributed by atoms with E-state index in [-0.39, 0.29) is 50.7 Å². The summed E-state index contributed by atoms with van der Waals surface area (Å²) in [6.45, 7) is 1.70. The van der Waals surface area contributed by atoms with Gasteiger partial charge < -0.3 is 59.8 Å². The number of nitrogens with two attached hydrogens (primary N) is 5. The molecule has 0 saturated carbocycles. The van der Waals surface area contributed by atoms with E-state index in [0.29, 0.717) is 12.0 Å². The van der Waals surface area contributed by atoms with Crippen molar-refractivity contribution in [1.82, 2.24) is 20.9 Å². The topological polar surface area (TPSA) is 315 Å². The second-order valence-electron chi connectivity index (χ2n) is 10.3. The van der Waals surface area contributed by atoms with Crippen LogP contribution in [-0.2, 0) is 25.6 Å². The lowest BCUT2D eigenvalue weighted by atomic mass is 10.0. The molecule has 17 nitrogen and oxygen atoms in total. The molecule has 5 atom stereocenters. The van der Waals surface area contributed by atoms with Gasteiger partial charge in [-0.3, -0.25) is 24.4 Å². The zero-order chi connectivity index (χ0) is 32.8. The van der Waals surface area contributed by atoms with Gasteiger partial charge in [-0.05, 0) is 44.2 Å². The highest BCUT2D eigenvalue weighted by Crippen LogP contribution is 2.19. The highest BCUT2D eigenvalue weighted by Gasteiger charge is 2.33. The number of guanidine groups is 2. The molecule has 16 N–H and O–H groups in total. The Morgan fingerprint density at radius 3 is 2.05 bits per heavy atom. The van der Waals surface area contributed by atoms with Gasteiger partial charge in [0.15, 0.2) is 11.9 Å². The molecule has 0 saturated heterocycles. The molecule has 0 unspecified atom stereocenters. The number of benzene rings is 1. The number of hydrogen-bond acceptors (Lipinski definition) is 8. The van der Waals surface area contributed by atoms with E-state index in [4.69, 9.17) is 28.7 Å². The summed E-state index contributed by atoms with van der Waals surface area (Å²) in [5.74, 6) is -3.90. The first-order chi connectivity index (χ1) is 20.8. The van der Waals surface area contributed by atoms with Gasteiger partial charge in [0, 0.05) is 36.6 Å². The summed E-state index contributed by atoms with van der Waals surface area (Å²) < 4.78 is 0. The third-order valence-corrected chi connectivity index (χ3v) is 6.66. The number of rotatable bonds is 18. The Bertz CT molecular complexity index is 1330. The first-order valence-corrected chi connectivity index (χ1v) is 14.0. The number of carboxylic acids is 1. The quantitative estimate of drug-likeness (QED) is 0.0456. The van der Waals surface area contributed by atoms with Crippen molar-refractivity contribution < 1.29 is 29.4 Å². The number of nitrogens with zero attached hydrogens (tertiary/aromatic N) is 2. The van der Waals surface area contributed by atoms with Gasteiger partial charge in [0.25, 0.3) is 0 Å². The summed E-state index contributed by atoms with van der Waals surface area (Å²) in [5.41, 5.74) is 28.6. The minimum absolute atomic E-state index is 0.0129. The van der Waals surface area contributed by atoms with Crippen molar-refractivity contribution in [2.45, 2.75) is 69.3 Å². The zero-order valence-electron chi connectivity index (χ0n) is 24.5. The summed E-state index contributed by atoms with van der Waals surface area (Å²) in [4.78, 5) is 62.2. The van der Waals surface area contributed by atoms with E-state index in [1.807, 2.05) is 24.3 Å². The summed E-state index contributed by atoms with van der Waals surface area (Å²) in [5, 5.41) is 28.3. The number of aromatic amines is 1. The second kappa shape index (κ2) is 17.3. The lowest BCUT2D eigenvalue weighted by Crippen LogP contribution is -2.60. The van der Waals surface area contributed by atoms with Gasteiger partial charge >= 0.3 is 5.97 Å². The van der Waals surface area contributed by atoms with Crippen molar-refractivity contribution >= 4 is 46.5 Å². The van der Waals surface area contributed by atoms with Crippen LogP contribution in [0.5, 0.6) is 0 Å². The molecular formula is C27H43N11O6. The molecule has 0 bridgehead atoms. The number of amides is 3. The van der Waals surface area contributed by atoms with Crippen molar-refractivity contribution in [3.63, 3.8) is 0 Å². The van der Waals surface area contributed by atoms with Crippen LogP contribution in [0.15, 0.2) is 40.4 Å². The van der Waals surface area contributed by atoms with Gasteiger partial charge in [0.1, 0.15) is 18.1 Å². The van der Waals surface area contributed by atoms with Crippen molar-refractivity contribution in [2.24, 2.45) is 38.7 Å². The predicted octanol–water partition coefficient (Wildman–Crippen LogP) is -2.94. The van der Waals surface area contributed by atoms with Crippen LogP contribution in [-0.4, -0.2) is 94.2 Å². The molecule has 0 spiro atoms. The number of aliphatic hydroxyl groups is 1. The molecule has 0 fully saturated rings. The molecule has 242 valence electrons. The Balaban J connectivity index is 2.22. The van der Waals surface area contributed by atoms with Crippen molar-refractivity contribution in [3.8, 4) is 0 Å². The monoisotopic (exact) mass is 617 g/mol. The number of para-hydroxylation sites is 1. The summed E-state index contributed by atoms with van der Waals surface area (Å²) in [7, 11) is 0. The maximum atomic E-state index is 13.4. The number of H-pyrrole nitrogens is 1. The number of carbonyl (C=O) groups is 4. The Labute approximate surface area is 254 Å². The standard InChI is InChI=1S/C27H43N11O6/c1-14(39)21(38-22(40)17(28)7-4-10-33-26(29)30)24(42)37-20(12-15-13-35-18-8-3-2-6-16(15)18)23(41)36-19(25(43)44)9-5-11-34-27(31)32/h2-3,6,8,13-14,17,19-21,35,39H,4-5,7,9-12,28H2,1H3,(H,36,41)(H,37,42)(H,38,40)(H,43,44)(H4,29,30,33)(H4,31,32,34)/t14-,17+,19+,20+,21+/m1/s1. The third-order valence-electron chi connectivity index (χ3n) is 6.66. The molecule has 0 radical (unpaired) electrons. The van der Waals surface area contributed by atoms with Gasteiger partial charge in [-0.1, -0.05) is 18.2 Å². The molecule has 3 amide bonds. The van der Waals surface area contributed by atoms with Crippen LogP contribution in [0.1, 0.15) is 38.2 Å². The highest BCUT2D eigenvalue weighted by molar-refractivity contribution is 5.95. The van der Waals surface area contributed by atoms with Crippen LogP contribution >= 0.6 is 0 Å². The molecule has 1 heterocycles. The Morgan fingerprint density at radius 1 is 0.864 bits per heavy atom. The van der Waals surface area contributed by atoms with Crippen LogP contribution in [0.25, 0.3) is 10.9 Å². The number of aromatic nitrogens is 1. The molecule has 17 heteroatoms. The summed E-state index contributed by atoms with van der Waals surface area (Å²) in [6, 6.07) is 2.21. The fourth-order valence-corrected chi connectivity index (χ4v) is 4.34. The van der Waals surface area contributed by atoms with E-state index >= 15 is 0 Å². The van der Waals surface area contributed by atoms with Crippen molar-refractivity contribution in [1.29, 1.82) is 0 Å². The van der Waals surface area contributed by atoms with E-state index in [2.05, 4.69) is 30.9 Å². The van der Waals surface area contributed by atoms with Crippen molar-refractivity contribution in [2.75, 3.05) is 13.1 Å². The highest BCUT2D eigenvalue weighted by atomic mass is 16.4. The normalized spacial score (nSPS) is 14.3. The van der Waals surface area contributed by atoms with E-state index in [9.17, 15) is 29.4 Å². The number of fused-ring (bicyclic) bond motifs is 1. The number of nitrogens with one attached hydrogen (secondary N) is 4. The molecule has 2 rings (SSSR count). The minimum atomic E-state index is -1.47. The van der Waals surface area contributed by atoms with Crippen LogP contribution in [0, 0.1) is 0 Å². The molecule has 1 aromatic heterocycles. The molecular weight excluding hydrogens is 574 g/mol. The number of carboxylic acid groups (broad SMARTS) is 1. The fourth-order valence-electron chi connectivity index (χ4n) is 4.34. The van der Waals surface area contributed by atoms with E-state index in [0.717, 1.165) is 10.9 Å². The average Bonchev–Trinajstić information content (AvgIpc) is 3.36. The summed E-state index contributed by atoms with van der Waals surface area (Å²) >= 11 is 0. The number of aliphatic hydroxyl groups excluding tert-OH is 1. The molecule has 0 aliphatic heterocycles.